The molecule has 3 heteroatoms. The molecule has 2 rings (SSSR count). The molecule has 0 fully saturated rings. The highest BCUT2D eigenvalue weighted by Gasteiger charge is 2.09. The predicted octanol–water partition coefficient (Wildman–Crippen LogP) is 2.09. The minimum absolute atomic E-state index is 0.0641. The normalized spacial score (nSPS) is 12.3. The van der Waals surface area contributed by atoms with E-state index in [4.69, 9.17) is 5.73 Å². The molecule has 1 atom stereocenters. The molecule has 0 aliphatic carbocycles. The lowest BCUT2D eigenvalue weighted by molar-refractivity contribution is 0.243. The van der Waals surface area contributed by atoms with Crippen molar-refractivity contribution in [1.29, 1.82) is 0 Å². The molecule has 2 aromatic carbocycles. The van der Waals surface area contributed by atoms with Gasteiger partial charge in [0.25, 0.3) is 0 Å². The van der Waals surface area contributed by atoms with E-state index in [9.17, 15) is 5.11 Å². The average Bonchev–Trinajstić information content (AvgIpc) is 2.42. The number of anilines is 1. The first-order valence-electron chi connectivity index (χ1n) is 6.04. The molecule has 0 aromatic heterocycles. The summed E-state index contributed by atoms with van der Waals surface area (Å²) in [6.45, 7) is 0.712. The van der Waals surface area contributed by atoms with E-state index in [1.807, 2.05) is 54.6 Å². The molecule has 2 aromatic rings. The lowest BCUT2D eigenvalue weighted by Crippen LogP contribution is -2.24. The Hall–Kier alpha value is -1.84. The minimum atomic E-state index is -0.0641. The van der Waals surface area contributed by atoms with Gasteiger partial charge in [0, 0.05) is 12.2 Å². The molecule has 0 unspecified atom stereocenters. The maximum atomic E-state index is 9.43. The fourth-order valence-corrected chi connectivity index (χ4v) is 1.90. The molecule has 0 aliphatic rings. The van der Waals surface area contributed by atoms with Crippen LogP contribution in [0, 0.1) is 0 Å². The van der Waals surface area contributed by atoms with Gasteiger partial charge in [0.2, 0.25) is 0 Å². The van der Waals surface area contributed by atoms with Gasteiger partial charge < -0.3 is 16.2 Å². The number of para-hydroxylation sites is 1. The van der Waals surface area contributed by atoms with Crippen LogP contribution in [0.3, 0.4) is 0 Å². The number of nitrogens with one attached hydrogen (secondary N) is 1. The monoisotopic (exact) mass is 242 g/mol. The zero-order valence-corrected chi connectivity index (χ0v) is 10.2. The molecule has 94 valence electrons. The molecule has 18 heavy (non-hydrogen) atoms. The van der Waals surface area contributed by atoms with Crippen LogP contribution in [-0.4, -0.2) is 11.7 Å². The van der Waals surface area contributed by atoms with Crippen LogP contribution < -0.4 is 11.1 Å². The van der Waals surface area contributed by atoms with Crippen molar-refractivity contribution in [3.63, 3.8) is 0 Å². The quantitative estimate of drug-likeness (QED) is 0.704. The van der Waals surface area contributed by atoms with Crippen molar-refractivity contribution in [1.82, 2.24) is 5.32 Å². The number of benzene rings is 2. The zero-order valence-electron chi connectivity index (χ0n) is 10.2. The third-order valence-corrected chi connectivity index (χ3v) is 2.98. The summed E-state index contributed by atoms with van der Waals surface area (Å²) in [5, 5.41) is 12.7. The Labute approximate surface area is 107 Å². The van der Waals surface area contributed by atoms with Crippen molar-refractivity contribution in [3.05, 3.63) is 65.7 Å². The molecular weight excluding hydrogens is 224 g/mol. The first kappa shape index (κ1) is 12.6. The number of rotatable bonds is 5. The van der Waals surface area contributed by atoms with Crippen molar-refractivity contribution in [3.8, 4) is 0 Å². The van der Waals surface area contributed by atoms with Crippen LogP contribution in [0.5, 0.6) is 0 Å². The number of hydrogen-bond donors (Lipinski definition) is 3. The van der Waals surface area contributed by atoms with Gasteiger partial charge in [-0.15, -0.1) is 0 Å². The third-order valence-electron chi connectivity index (χ3n) is 2.98. The standard InChI is InChI=1S/C15H18N2O/c16-14-9-5-4-8-13(14)10-17-15(11-18)12-6-2-1-3-7-12/h1-9,15,17-18H,10-11,16H2/t15-/m0/s1. The van der Waals surface area contributed by atoms with Gasteiger partial charge in [-0.2, -0.15) is 0 Å². The van der Waals surface area contributed by atoms with Gasteiger partial charge in [-0.1, -0.05) is 48.5 Å². The molecule has 0 spiro atoms. The van der Waals surface area contributed by atoms with E-state index >= 15 is 0 Å². The van der Waals surface area contributed by atoms with Crippen molar-refractivity contribution in [2.75, 3.05) is 12.3 Å². The van der Waals surface area contributed by atoms with Crippen molar-refractivity contribution in [2.24, 2.45) is 0 Å². The van der Waals surface area contributed by atoms with Crippen molar-refractivity contribution >= 4 is 5.69 Å². The second-order valence-corrected chi connectivity index (χ2v) is 4.23. The van der Waals surface area contributed by atoms with Gasteiger partial charge in [-0.25, -0.2) is 0 Å². The summed E-state index contributed by atoms with van der Waals surface area (Å²) in [5.74, 6) is 0. The number of hydrogen-bond acceptors (Lipinski definition) is 3. The summed E-state index contributed by atoms with van der Waals surface area (Å²) < 4.78 is 0. The highest BCUT2D eigenvalue weighted by atomic mass is 16.3. The van der Waals surface area contributed by atoms with Gasteiger partial charge >= 0.3 is 0 Å². The highest BCUT2D eigenvalue weighted by Crippen LogP contribution is 2.15. The van der Waals surface area contributed by atoms with Gasteiger partial charge in [-0.05, 0) is 17.2 Å². The van der Waals surface area contributed by atoms with E-state index in [1.54, 1.807) is 0 Å². The van der Waals surface area contributed by atoms with Crippen LogP contribution in [-0.2, 0) is 6.54 Å². The van der Waals surface area contributed by atoms with Crippen LogP contribution in [0.1, 0.15) is 17.2 Å². The lowest BCUT2D eigenvalue weighted by atomic mass is 10.1. The van der Waals surface area contributed by atoms with Gasteiger partial charge in [-0.3, -0.25) is 0 Å². The maximum absolute atomic E-state index is 9.43. The molecular formula is C15H18N2O. The first-order chi connectivity index (χ1) is 8.81. The Morgan fingerprint density at radius 3 is 2.33 bits per heavy atom. The lowest BCUT2D eigenvalue weighted by Gasteiger charge is -2.17. The Balaban J connectivity index is 2.02. The molecule has 0 heterocycles. The minimum Gasteiger partial charge on any atom is -0.398 e. The van der Waals surface area contributed by atoms with E-state index in [-0.39, 0.29) is 12.6 Å². The highest BCUT2D eigenvalue weighted by molar-refractivity contribution is 5.46. The number of nitrogen functional groups attached to an aromatic ring is 1. The summed E-state index contributed by atoms with van der Waals surface area (Å²) in [6.07, 6.45) is 0. The Bertz CT molecular complexity index is 485. The number of aliphatic hydroxyl groups is 1. The Kier molecular flexibility index (Phi) is 4.34. The topological polar surface area (TPSA) is 58.3 Å². The second-order valence-electron chi connectivity index (χ2n) is 4.23. The Morgan fingerprint density at radius 1 is 1.00 bits per heavy atom. The van der Waals surface area contributed by atoms with Crippen LogP contribution in [0.25, 0.3) is 0 Å². The fourth-order valence-electron chi connectivity index (χ4n) is 1.90. The second kappa shape index (κ2) is 6.19. The smallest absolute Gasteiger partial charge is 0.0626 e. The summed E-state index contributed by atoms with van der Waals surface area (Å²) in [4.78, 5) is 0. The van der Waals surface area contributed by atoms with Crippen LogP contribution in [0.2, 0.25) is 0 Å². The molecule has 0 saturated heterocycles. The zero-order chi connectivity index (χ0) is 12.8. The Morgan fingerprint density at radius 2 is 1.67 bits per heavy atom. The van der Waals surface area contributed by atoms with E-state index in [0.717, 1.165) is 16.8 Å². The SMILES string of the molecule is Nc1ccccc1CN[C@@H](CO)c1ccccc1. The predicted molar refractivity (Wildman–Crippen MR) is 74.0 cm³/mol. The van der Waals surface area contributed by atoms with E-state index in [2.05, 4.69) is 5.32 Å². The molecule has 0 bridgehead atoms. The van der Waals surface area contributed by atoms with Gasteiger partial charge in [0.05, 0.1) is 12.6 Å². The molecule has 3 nitrogen and oxygen atoms in total. The van der Waals surface area contributed by atoms with Crippen LogP contribution >= 0.6 is 0 Å². The van der Waals surface area contributed by atoms with Crippen molar-refractivity contribution in [2.45, 2.75) is 12.6 Å². The van der Waals surface area contributed by atoms with Crippen LogP contribution in [0.4, 0.5) is 5.69 Å². The molecule has 0 radical (unpaired) electrons. The fraction of sp³-hybridized carbons (Fsp3) is 0.200. The molecule has 0 aliphatic heterocycles. The van der Waals surface area contributed by atoms with E-state index in [1.165, 1.54) is 0 Å². The summed E-state index contributed by atoms with van der Waals surface area (Å²) in [5.41, 5.74) is 8.78. The molecule has 0 amide bonds. The molecule has 4 N–H and O–H groups in total. The van der Waals surface area contributed by atoms with E-state index < -0.39 is 0 Å². The maximum Gasteiger partial charge on any atom is 0.0626 e. The largest absolute Gasteiger partial charge is 0.398 e. The van der Waals surface area contributed by atoms with E-state index in [0.29, 0.717) is 6.54 Å². The summed E-state index contributed by atoms with van der Waals surface area (Å²) >= 11 is 0. The summed E-state index contributed by atoms with van der Waals surface area (Å²) in [7, 11) is 0. The van der Waals surface area contributed by atoms with Crippen molar-refractivity contribution < 1.29 is 5.11 Å². The number of nitrogens with two attached hydrogens (primary N) is 1. The number of aliphatic hydroxyl groups excluding tert-OH is 1. The van der Waals surface area contributed by atoms with Crippen LogP contribution in [0.15, 0.2) is 54.6 Å². The summed E-state index contributed by atoms with van der Waals surface area (Å²) in [6, 6.07) is 17.6. The third kappa shape index (κ3) is 3.09. The van der Waals surface area contributed by atoms with Gasteiger partial charge in [0.15, 0.2) is 0 Å². The van der Waals surface area contributed by atoms with Gasteiger partial charge in [0.1, 0.15) is 0 Å². The average molecular weight is 242 g/mol. The molecule has 0 saturated carbocycles. The first-order valence-corrected chi connectivity index (χ1v) is 6.04.